The first-order valence-corrected chi connectivity index (χ1v) is 3.47. The molecule has 0 aliphatic heterocycles. The quantitative estimate of drug-likeness (QED) is 0.602. The van der Waals surface area contributed by atoms with E-state index in [9.17, 15) is 5.11 Å². The van der Waals surface area contributed by atoms with Gasteiger partial charge in [-0.05, 0) is 12.1 Å². The van der Waals surface area contributed by atoms with E-state index in [0.29, 0.717) is 10.9 Å². The number of phenolic OH excluding ortho intramolecular Hbond substituents is 1. The van der Waals surface area contributed by atoms with Gasteiger partial charge in [0.1, 0.15) is 5.75 Å². The fourth-order valence-electron chi connectivity index (χ4n) is 1.05. The third kappa shape index (κ3) is 0.934. The minimum Gasteiger partial charge on any atom is -0.507 e. The Bertz CT molecular complexity index is 428. The Balaban J connectivity index is 2.86. The van der Waals surface area contributed by atoms with E-state index in [-0.39, 0.29) is 11.7 Å². The lowest BCUT2D eigenvalue weighted by atomic mass is 10.2. The number of aromatic nitrogens is 2. The van der Waals surface area contributed by atoms with Gasteiger partial charge in [-0.2, -0.15) is 0 Å². The van der Waals surface area contributed by atoms with Crippen LogP contribution in [0, 0.1) is 0 Å². The number of benzene rings is 1. The molecule has 4 heteroatoms. The summed E-state index contributed by atoms with van der Waals surface area (Å²) >= 11 is 0. The van der Waals surface area contributed by atoms with Crippen molar-refractivity contribution in [2.75, 3.05) is 5.73 Å². The lowest BCUT2D eigenvalue weighted by molar-refractivity contribution is 0.481. The zero-order valence-electron chi connectivity index (χ0n) is 6.23. The summed E-state index contributed by atoms with van der Waals surface area (Å²) in [6.07, 6.45) is 1.51. The second kappa shape index (κ2) is 2.34. The Kier molecular flexibility index (Phi) is 1.33. The molecule has 4 nitrogen and oxygen atoms in total. The van der Waals surface area contributed by atoms with Gasteiger partial charge in [0.2, 0.25) is 5.95 Å². The second-order valence-corrected chi connectivity index (χ2v) is 2.44. The molecule has 60 valence electrons. The zero-order valence-corrected chi connectivity index (χ0v) is 6.23. The highest BCUT2D eigenvalue weighted by Gasteiger charge is 1.99. The molecular formula is C8H7N3O. The predicted molar refractivity (Wildman–Crippen MR) is 45.6 cm³/mol. The summed E-state index contributed by atoms with van der Waals surface area (Å²) in [6.45, 7) is 0. The third-order valence-corrected chi connectivity index (χ3v) is 1.62. The molecule has 0 radical (unpaired) electrons. The van der Waals surface area contributed by atoms with Gasteiger partial charge in [0.05, 0.1) is 10.9 Å². The number of anilines is 1. The van der Waals surface area contributed by atoms with Crippen LogP contribution >= 0.6 is 0 Å². The Morgan fingerprint density at radius 1 is 1.33 bits per heavy atom. The maximum absolute atomic E-state index is 9.34. The summed E-state index contributed by atoms with van der Waals surface area (Å²) in [6, 6.07) is 5.07. The number of hydrogen-bond donors (Lipinski definition) is 2. The molecule has 1 aromatic carbocycles. The molecule has 1 aromatic heterocycles. The first-order chi connectivity index (χ1) is 5.77. The van der Waals surface area contributed by atoms with Crippen molar-refractivity contribution >= 4 is 16.9 Å². The topological polar surface area (TPSA) is 72.0 Å². The van der Waals surface area contributed by atoms with E-state index in [0.717, 1.165) is 0 Å². The minimum atomic E-state index is 0.174. The van der Waals surface area contributed by atoms with Crippen LogP contribution in [0.1, 0.15) is 0 Å². The van der Waals surface area contributed by atoms with Crippen LogP contribution in [0.5, 0.6) is 5.75 Å². The molecule has 0 unspecified atom stereocenters. The van der Waals surface area contributed by atoms with Crippen molar-refractivity contribution in [3.63, 3.8) is 0 Å². The SMILES string of the molecule is Nc1ncc2c(O)cccc2n1. The van der Waals surface area contributed by atoms with Gasteiger partial charge in [0.25, 0.3) is 0 Å². The normalized spacial score (nSPS) is 10.3. The highest BCUT2D eigenvalue weighted by atomic mass is 16.3. The average Bonchev–Trinajstić information content (AvgIpc) is 2.04. The highest BCUT2D eigenvalue weighted by Crippen LogP contribution is 2.21. The molecule has 2 rings (SSSR count). The Hall–Kier alpha value is -1.84. The average molecular weight is 161 g/mol. The molecule has 0 saturated heterocycles. The molecular weight excluding hydrogens is 154 g/mol. The molecule has 12 heavy (non-hydrogen) atoms. The first kappa shape index (κ1) is 6.84. The van der Waals surface area contributed by atoms with E-state index in [2.05, 4.69) is 9.97 Å². The lowest BCUT2D eigenvalue weighted by Gasteiger charge is -1.98. The molecule has 0 spiro atoms. The molecule has 0 atom stereocenters. The van der Waals surface area contributed by atoms with E-state index >= 15 is 0 Å². The van der Waals surface area contributed by atoms with Crippen molar-refractivity contribution in [2.24, 2.45) is 0 Å². The Morgan fingerprint density at radius 3 is 3.00 bits per heavy atom. The summed E-state index contributed by atoms with van der Waals surface area (Å²) < 4.78 is 0. The standard InChI is InChI=1S/C8H7N3O/c9-8-10-4-5-6(11-8)2-1-3-7(5)12/h1-4,12H,(H2,9,10,11). The summed E-state index contributed by atoms with van der Waals surface area (Å²) in [5.74, 6) is 0.389. The van der Waals surface area contributed by atoms with Crippen LogP contribution in [-0.2, 0) is 0 Å². The van der Waals surface area contributed by atoms with Crippen LogP contribution in [0.15, 0.2) is 24.4 Å². The second-order valence-electron chi connectivity index (χ2n) is 2.44. The summed E-state index contributed by atoms with van der Waals surface area (Å²) in [4.78, 5) is 7.72. The van der Waals surface area contributed by atoms with E-state index in [1.54, 1.807) is 18.2 Å². The van der Waals surface area contributed by atoms with Crippen LogP contribution in [0.25, 0.3) is 10.9 Å². The van der Waals surface area contributed by atoms with Crippen LogP contribution < -0.4 is 5.73 Å². The third-order valence-electron chi connectivity index (χ3n) is 1.62. The van der Waals surface area contributed by atoms with E-state index in [4.69, 9.17) is 5.73 Å². The number of rotatable bonds is 0. The maximum Gasteiger partial charge on any atom is 0.220 e. The van der Waals surface area contributed by atoms with Crippen molar-refractivity contribution in [1.29, 1.82) is 0 Å². The lowest BCUT2D eigenvalue weighted by Crippen LogP contribution is -1.93. The molecule has 0 aliphatic carbocycles. The Labute approximate surface area is 68.7 Å². The van der Waals surface area contributed by atoms with Gasteiger partial charge < -0.3 is 10.8 Å². The summed E-state index contributed by atoms with van der Waals surface area (Å²) in [5, 5.41) is 9.96. The number of hydrogen-bond acceptors (Lipinski definition) is 4. The predicted octanol–water partition coefficient (Wildman–Crippen LogP) is 0.918. The van der Waals surface area contributed by atoms with Gasteiger partial charge in [-0.1, -0.05) is 6.07 Å². The monoisotopic (exact) mass is 161 g/mol. The van der Waals surface area contributed by atoms with Gasteiger partial charge in [-0.3, -0.25) is 0 Å². The van der Waals surface area contributed by atoms with Gasteiger partial charge in [0.15, 0.2) is 0 Å². The van der Waals surface area contributed by atoms with Crippen molar-refractivity contribution in [1.82, 2.24) is 9.97 Å². The number of nitrogen functional groups attached to an aromatic ring is 1. The fourth-order valence-corrected chi connectivity index (χ4v) is 1.05. The molecule has 0 aliphatic rings. The van der Waals surface area contributed by atoms with Crippen LogP contribution in [-0.4, -0.2) is 15.1 Å². The minimum absolute atomic E-state index is 0.174. The molecule has 3 N–H and O–H groups in total. The maximum atomic E-state index is 9.34. The number of phenols is 1. The first-order valence-electron chi connectivity index (χ1n) is 3.47. The highest BCUT2D eigenvalue weighted by molar-refractivity contribution is 5.84. The molecule has 0 bridgehead atoms. The number of nitrogens with two attached hydrogens (primary N) is 1. The van der Waals surface area contributed by atoms with E-state index < -0.39 is 0 Å². The number of aromatic hydroxyl groups is 1. The van der Waals surface area contributed by atoms with Crippen LogP contribution in [0.4, 0.5) is 5.95 Å². The zero-order chi connectivity index (χ0) is 8.55. The fraction of sp³-hybridized carbons (Fsp3) is 0. The van der Waals surface area contributed by atoms with Gasteiger partial charge in [0, 0.05) is 6.20 Å². The summed E-state index contributed by atoms with van der Waals surface area (Å²) in [7, 11) is 0. The van der Waals surface area contributed by atoms with Gasteiger partial charge >= 0.3 is 0 Å². The van der Waals surface area contributed by atoms with Gasteiger partial charge in [-0.25, -0.2) is 9.97 Å². The molecule has 0 amide bonds. The Morgan fingerprint density at radius 2 is 2.17 bits per heavy atom. The van der Waals surface area contributed by atoms with Crippen molar-refractivity contribution in [3.8, 4) is 5.75 Å². The largest absolute Gasteiger partial charge is 0.507 e. The van der Waals surface area contributed by atoms with Gasteiger partial charge in [-0.15, -0.1) is 0 Å². The van der Waals surface area contributed by atoms with E-state index in [1.807, 2.05) is 0 Å². The van der Waals surface area contributed by atoms with E-state index in [1.165, 1.54) is 6.20 Å². The summed E-state index contributed by atoms with van der Waals surface area (Å²) in [5.41, 5.74) is 6.03. The van der Waals surface area contributed by atoms with Crippen molar-refractivity contribution in [2.45, 2.75) is 0 Å². The van der Waals surface area contributed by atoms with Crippen molar-refractivity contribution < 1.29 is 5.11 Å². The smallest absolute Gasteiger partial charge is 0.220 e. The van der Waals surface area contributed by atoms with Crippen LogP contribution in [0.2, 0.25) is 0 Å². The number of nitrogens with zero attached hydrogens (tertiary/aromatic N) is 2. The molecule has 1 heterocycles. The van der Waals surface area contributed by atoms with Crippen LogP contribution in [0.3, 0.4) is 0 Å². The molecule has 0 fully saturated rings. The number of fused-ring (bicyclic) bond motifs is 1. The van der Waals surface area contributed by atoms with Crippen molar-refractivity contribution in [3.05, 3.63) is 24.4 Å². The molecule has 0 saturated carbocycles. The molecule has 2 aromatic rings.